The van der Waals surface area contributed by atoms with E-state index in [1.165, 1.54) is 11.5 Å². The van der Waals surface area contributed by atoms with Crippen molar-refractivity contribution in [2.45, 2.75) is 64.6 Å². The van der Waals surface area contributed by atoms with E-state index in [-0.39, 0.29) is 23.0 Å². The Morgan fingerprint density at radius 3 is 2.42 bits per heavy atom. The SMILES string of the molecule is Cc1cc(C(=O)NC2CC(C)(C)NC(C)(C)C2)ns1. The van der Waals surface area contributed by atoms with Gasteiger partial charge in [0.25, 0.3) is 5.91 Å². The Kier molecular flexibility index (Phi) is 3.71. The van der Waals surface area contributed by atoms with Gasteiger partial charge in [0.05, 0.1) is 0 Å². The first-order chi connectivity index (χ1) is 8.67. The molecule has 1 aromatic heterocycles. The summed E-state index contributed by atoms with van der Waals surface area (Å²) < 4.78 is 4.17. The van der Waals surface area contributed by atoms with Crippen LogP contribution < -0.4 is 10.6 Å². The van der Waals surface area contributed by atoms with Gasteiger partial charge in [-0.15, -0.1) is 0 Å². The standard InChI is InChI=1S/C14H23N3OS/c1-9-6-11(16-19-9)12(18)15-10-7-13(2,3)17-14(4,5)8-10/h6,10,17H,7-8H2,1-5H3,(H,15,18). The van der Waals surface area contributed by atoms with Crippen LogP contribution >= 0.6 is 11.5 Å². The molecule has 2 rings (SSSR count). The van der Waals surface area contributed by atoms with E-state index in [0.29, 0.717) is 5.69 Å². The number of carbonyl (C=O) groups is 1. The first-order valence-corrected chi connectivity index (χ1v) is 7.48. The number of aryl methyl sites for hydroxylation is 1. The summed E-state index contributed by atoms with van der Waals surface area (Å²) in [5, 5.41) is 6.74. The summed E-state index contributed by atoms with van der Waals surface area (Å²) in [6, 6.07) is 2.04. The molecule has 0 unspecified atom stereocenters. The molecule has 1 amide bonds. The van der Waals surface area contributed by atoms with Crippen LogP contribution in [0.4, 0.5) is 0 Å². The minimum Gasteiger partial charge on any atom is -0.348 e. The molecule has 1 aliphatic heterocycles. The topological polar surface area (TPSA) is 54.0 Å². The van der Waals surface area contributed by atoms with Crippen LogP contribution in [-0.2, 0) is 0 Å². The van der Waals surface area contributed by atoms with E-state index in [9.17, 15) is 4.79 Å². The average Bonchev–Trinajstić information content (AvgIpc) is 2.59. The lowest BCUT2D eigenvalue weighted by atomic mass is 9.79. The Balaban J connectivity index is 2.04. The van der Waals surface area contributed by atoms with Gasteiger partial charge < -0.3 is 10.6 Å². The summed E-state index contributed by atoms with van der Waals surface area (Å²) in [5.74, 6) is -0.0529. The van der Waals surface area contributed by atoms with Crippen LogP contribution in [0.5, 0.6) is 0 Å². The minimum atomic E-state index is -0.0529. The molecule has 5 heteroatoms. The fourth-order valence-corrected chi connectivity index (χ4v) is 3.70. The van der Waals surface area contributed by atoms with Gasteiger partial charge in [-0.3, -0.25) is 4.79 Å². The minimum absolute atomic E-state index is 0.0394. The summed E-state index contributed by atoms with van der Waals surface area (Å²) in [7, 11) is 0. The smallest absolute Gasteiger partial charge is 0.271 e. The average molecular weight is 281 g/mol. The van der Waals surface area contributed by atoms with Gasteiger partial charge in [-0.25, -0.2) is 0 Å². The fraction of sp³-hybridized carbons (Fsp3) is 0.714. The third-order valence-electron chi connectivity index (χ3n) is 3.39. The van der Waals surface area contributed by atoms with Crippen molar-refractivity contribution in [2.24, 2.45) is 0 Å². The Bertz CT molecular complexity index is 463. The van der Waals surface area contributed by atoms with Gasteiger partial charge in [0.1, 0.15) is 5.69 Å². The Morgan fingerprint density at radius 1 is 1.37 bits per heavy atom. The largest absolute Gasteiger partial charge is 0.348 e. The van der Waals surface area contributed by atoms with Gasteiger partial charge in [0, 0.05) is 22.0 Å². The second-order valence-corrected chi connectivity index (χ2v) is 7.80. The van der Waals surface area contributed by atoms with E-state index in [2.05, 4.69) is 42.7 Å². The van der Waals surface area contributed by atoms with Crippen LogP contribution in [0.1, 0.15) is 55.9 Å². The molecule has 0 atom stereocenters. The van der Waals surface area contributed by atoms with Gasteiger partial charge >= 0.3 is 0 Å². The molecule has 0 aromatic carbocycles. The van der Waals surface area contributed by atoms with Crippen molar-refractivity contribution >= 4 is 17.4 Å². The van der Waals surface area contributed by atoms with Gasteiger partial charge in [0.2, 0.25) is 0 Å². The number of nitrogens with one attached hydrogen (secondary N) is 2. The molecule has 1 fully saturated rings. The monoisotopic (exact) mass is 281 g/mol. The quantitative estimate of drug-likeness (QED) is 0.875. The van der Waals surface area contributed by atoms with Gasteiger partial charge in [-0.2, -0.15) is 4.37 Å². The maximum Gasteiger partial charge on any atom is 0.271 e. The predicted octanol–water partition coefficient (Wildman–Crippen LogP) is 2.49. The van der Waals surface area contributed by atoms with Gasteiger partial charge in [0.15, 0.2) is 0 Å². The molecule has 1 aromatic rings. The maximum absolute atomic E-state index is 12.2. The van der Waals surface area contributed by atoms with Crippen molar-refractivity contribution in [2.75, 3.05) is 0 Å². The highest BCUT2D eigenvalue weighted by atomic mass is 32.1. The number of piperidine rings is 1. The first-order valence-electron chi connectivity index (χ1n) is 6.70. The number of hydrogen-bond acceptors (Lipinski definition) is 4. The number of carbonyl (C=O) groups excluding carboxylic acids is 1. The lowest BCUT2D eigenvalue weighted by molar-refractivity contribution is 0.0869. The van der Waals surface area contributed by atoms with E-state index in [1.807, 2.05) is 13.0 Å². The molecular formula is C14H23N3OS. The van der Waals surface area contributed by atoms with Crippen LogP contribution in [0.3, 0.4) is 0 Å². The molecule has 0 spiro atoms. The van der Waals surface area contributed by atoms with Crippen molar-refractivity contribution in [1.29, 1.82) is 0 Å². The second-order valence-electron chi connectivity index (χ2n) is 6.79. The highest BCUT2D eigenvalue weighted by Crippen LogP contribution is 2.28. The molecule has 19 heavy (non-hydrogen) atoms. The molecule has 2 N–H and O–H groups in total. The zero-order chi connectivity index (χ0) is 14.3. The molecular weight excluding hydrogens is 258 g/mol. The lowest BCUT2D eigenvalue weighted by Crippen LogP contribution is -2.62. The molecule has 2 heterocycles. The number of rotatable bonds is 2. The van der Waals surface area contributed by atoms with E-state index in [4.69, 9.17) is 0 Å². The molecule has 0 bridgehead atoms. The van der Waals surface area contributed by atoms with Crippen molar-refractivity contribution < 1.29 is 4.79 Å². The van der Waals surface area contributed by atoms with Crippen molar-refractivity contribution in [3.63, 3.8) is 0 Å². The summed E-state index contributed by atoms with van der Waals surface area (Å²) in [4.78, 5) is 13.2. The van der Waals surface area contributed by atoms with E-state index >= 15 is 0 Å². The van der Waals surface area contributed by atoms with Crippen LogP contribution in [0, 0.1) is 6.92 Å². The molecule has 4 nitrogen and oxygen atoms in total. The predicted molar refractivity (Wildman–Crippen MR) is 78.6 cm³/mol. The normalized spacial score (nSPS) is 22.2. The molecule has 0 saturated carbocycles. The Hall–Kier alpha value is -0.940. The molecule has 1 saturated heterocycles. The molecule has 1 aliphatic rings. The summed E-state index contributed by atoms with van der Waals surface area (Å²) in [6.45, 7) is 10.7. The van der Waals surface area contributed by atoms with Crippen LogP contribution in [0.15, 0.2) is 6.07 Å². The van der Waals surface area contributed by atoms with E-state index in [0.717, 1.165) is 17.7 Å². The Morgan fingerprint density at radius 2 is 1.95 bits per heavy atom. The summed E-state index contributed by atoms with van der Waals surface area (Å²) >= 11 is 1.37. The molecule has 0 radical (unpaired) electrons. The highest BCUT2D eigenvalue weighted by molar-refractivity contribution is 7.05. The van der Waals surface area contributed by atoms with Crippen LogP contribution in [0.2, 0.25) is 0 Å². The number of hydrogen-bond donors (Lipinski definition) is 2. The van der Waals surface area contributed by atoms with E-state index in [1.54, 1.807) is 0 Å². The second kappa shape index (κ2) is 4.87. The fourth-order valence-electron chi connectivity index (χ4n) is 3.16. The van der Waals surface area contributed by atoms with Crippen molar-refractivity contribution in [3.8, 4) is 0 Å². The molecule has 106 valence electrons. The highest BCUT2D eigenvalue weighted by Gasteiger charge is 2.38. The third-order valence-corrected chi connectivity index (χ3v) is 4.08. The summed E-state index contributed by atoms with van der Waals surface area (Å²) in [5.41, 5.74) is 0.617. The summed E-state index contributed by atoms with van der Waals surface area (Å²) in [6.07, 6.45) is 1.87. The first kappa shape index (κ1) is 14.5. The van der Waals surface area contributed by atoms with Gasteiger partial charge in [-0.1, -0.05) is 0 Å². The molecule has 0 aliphatic carbocycles. The zero-order valence-corrected chi connectivity index (χ0v) is 13.1. The van der Waals surface area contributed by atoms with Gasteiger partial charge in [-0.05, 0) is 65.1 Å². The van der Waals surface area contributed by atoms with Crippen LogP contribution in [0.25, 0.3) is 0 Å². The van der Waals surface area contributed by atoms with E-state index < -0.39 is 0 Å². The number of aromatic nitrogens is 1. The Labute approximate surface area is 119 Å². The number of nitrogens with zero attached hydrogens (tertiary/aromatic N) is 1. The maximum atomic E-state index is 12.2. The van der Waals surface area contributed by atoms with Crippen molar-refractivity contribution in [1.82, 2.24) is 15.0 Å². The number of amides is 1. The lowest BCUT2D eigenvalue weighted by Gasteiger charge is -2.46. The zero-order valence-electron chi connectivity index (χ0n) is 12.3. The van der Waals surface area contributed by atoms with Crippen LogP contribution in [-0.4, -0.2) is 27.4 Å². The third kappa shape index (κ3) is 3.76. The van der Waals surface area contributed by atoms with Crippen molar-refractivity contribution in [3.05, 3.63) is 16.6 Å².